The number of ether oxygens (including phenoxy) is 2. The average molecular weight is 672 g/mol. The molecular formula is C39H65N3O6. The third-order valence-electron chi connectivity index (χ3n) is 10.6. The highest BCUT2D eigenvalue weighted by atomic mass is 16.5. The van der Waals surface area contributed by atoms with E-state index in [1.165, 1.54) is 0 Å². The minimum atomic E-state index is -1.03. The van der Waals surface area contributed by atoms with E-state index in [0.717, 1.165) is 32.1 Å². The number of nitrogens with two attached hydrogens (primary N) is 1. The number of methoxy groups -OCH3 is 2. The molecule has 1 aliphatic carbocycles. The van der Waals surface area contributed by atoms with Gasteiger partial charge in [0.15, 0.2) is 5.78 Å². The standard InChI is InChI=1S/C39H65N3O6/c1-11-27(4)36(41(8)38(46)30(26(2)3)24-34(44)39(6,7)40)33(47-9)25-35(45)42-23-17-21-31(42)37(48-10)28(5)32(43)22-16-20-29-18-14-12-13-15-19-29/h12-15,18-19,26-31,33,36-37H,11,16-17,20-25,40H2,1-10H3. The topological polar surface area (TPSA) is 119 Å². The van der Waals surface area contributed by atoms with Gasteiger partial charge in [0.2, 0.25) is 11.8 Å². The molecule has 2 rings (SSSR count). The maximum atomic E-state index is 14.0. The van der Waals surface area contributed by atoms with Crippen LogP contribution in [-0.2, 0) is 28.7 Å². The molecule has 2 N–H and O–H groups in total. The maximum absolute atomic E-state index is 14.0. The Bertz CT molecular complexity index is 1140. The highest BCUT2D eigenvalue weighted by molar-refractivity contribution is 5.92. The number of amides is 2. The number of carbonyl (C=O) groups excluding carboxylic acids is 4. The Balaban J connectivity index is 2.17. The van der Waals surface area contributed by atoms with Crippen molar-refractivity contribution in [2.24, 2.45) is 35.3 Å². The van der Waals surface area contributed by atoms with Crippen molar-refractivity contribution in [1.29, 1.82) is 0 Å². The largest absolute Gasteiger partial charge is 0.379 e. The second kappa shape index (κ2) is 19.5. The molecule has 1 fully saturated rings. The van der Waals surface area contributed by atoms with Crippen LogP contribution in [-0.4, -0.2) is 90.8 Å². The van der Waals surface area contributed by atoms with Gasteiger partial charge in [0, 0.05) is 52.5 Å². The highest BCUT2D eigenvalue weighted by Gasteiger charge is 2.43. The molecular weight excluding hydrogens is 606 g/mol. The number of carbonyl (C=O) groups is 4. The fourth-order valence-corrected chi connectivity index (χ4v) is 7.21. The number of nitrogens with zero attached hydrogens (tertiary/aromatic N) is 2. The number of rotatable bonds is 20. The molecule has 0 aromatic carbocycles. The van der Waals surface area contributed by atoms with E-state index in [2.05, 4.69) is 26.0 Å². The molecule has 0 spiro atoms. The Morgan fingerprint density at radius 3 is 2.12 bits per heavy atom. The fraction of sp³-hybridized carbons (Fsp3) is 0.744. The van der Waals surface area contributed by atoms with E-state index in [-0.39, 0.29) is 66.1 Å². The second-order valence-corrected chi connectivity index (χ2v) is 15.0. The summed E-state index contributed by atoms with van der Waals surface area (Å²) >= 11 is 0. The van der Waals surface area contributed by atoms with Gasteiger partial charge in [0.05, 0.1) is 36.3 Å². The number of hydrogen-bond acceptors (Lipinski definition) is 7. The number of hydrogen-bond donors (Lipinski definition) is 1. The molecule has 272 valence electrons. The van der Waals surface area contributed by atoms with Crippen LogP contribution in [0.25, 0.3) is 0 Å². The van der Waals surface area contributed by atoms with Gasteiger partial charge in [0.25, 0.3) is 0 Å². The van der Waals surface area contributed by atoms with E-state index in [1.54, 1.807) is 40.0 Å². The van der Waals surface area contributed by atoms with Crippen molar-refractivity contribution in [3.05, 3.63) is 36.5 Å². The third-order valence-corrected chi connectivity index (χ3v) is 10.6. The van der Waals surface area contributed by atoms with E-state index >= 15 is 0 Å². The Morgan fingerprint density at radius 1 is 0.979 bits per heavy atom. The minimum Gasteiger partial charge on any atom is -0.379 e. The van der Waals surface area contributed by atoms with Gasteiger partial charge < -0.3 is 25.0 Å². The van der Waals surface area contributed by atoms with Gasteiger partial charge in [-0.15, -0.1) is 0 Å². The lowest BCUT2D eigenvalue weighted by atomic mass is 9.83. The molecule has 2 aliphatic rings. The molecule has 0 aromatic heterocycles. The van der Waals surface area contributed by atoms with Gasteiger partial charge in [0.1, 0.15) is 5.78 Å². The van der Waals surface area contributed by atoms with Crippen molar-refractivity contribution in [3.8, 4) is 0 Å². The first-order chi connectivity index (χ1) is 22.6. The number of Topliss-reactive ketones (excluding diaryl/α,β-unsaturated/α-hetero) is 2. The first kappa shape index (κ1) is 41.6. The summed E-state index contributed by atoms with van der Waals surface area (Å²) in [4.78, 5) is 57.8. The average Bonchev–Trinajstić information content (AvgIpc) is 3.38. The molecule has 2 amide bonds. The van der Waals surface area contributed by atoms with Crippen LogP contribution < -0.4 is 5.73 Å². The lowest BCUT2D eigenvalue weighted by Gasteiger charge is -2.41. The van der Waals surface area contributed by atoms with Crippen molar-refractivity contribution >= 4 is 23.4 Å². The van der Waals surface area contributed by atoms with Crippen LogP contribution in [0.5, 0.6) is 0 Å². The van der Waals surface area contributed by atoms with Gasteiger partial charge >= 0.3 is 0 Å². The number of allylic oxidation sites excluding steroid dienone is 6. The van der Waals surface area contributed by atoms with Crippen molar-refractivity contribution in [2.75, 3.05) is 27.8 Å². The maximum Gasteiger partial charge on any atom is 0.226 e. The van der Waals surface area contributed by atoms with Gasteiger partial charge in [-0.1, -0.05) is 77.5 Å². The normalized spacial score (nSPS) is 20.7. The zero-order valence-electron chi connectivity index (χ0n) is 31.4. The highest BCUT2D eigenvalue weighted by Crippen LogP contribution is 2.31. The summed E-state index contributed by atoms with van der Waals surface area (Å²) in [6.45, 7) is 13.9. The molecule has 0 aromatic rings. The van der Waals surface area contributed by atoms with Gasteiger partial charge in [-0.05, 0) is 57.3 Å². The minimum absolute atomic E-state index is 0.0325. The van der Waals surface area contributed by atoms with Crippen LogP contribution in [0, 0.1) is 29.6 Å². The first-order valence-electron chi connectivity index (χ1n) is 18.1. The molecule has 7 unspecified atom stereocenters. The number of ketones is 2. The number of likely N-dealkylation sites (N-methyl/N-ethyl adjacent to an activating group) is 1. The third kappa shape index (κ3) is 11.5. The first-order valence-corrected chi connectivity index (χ1v) is 18.1. The zero-order chi connectivity index (χ0) is 36.2. The van der Waals surface area contributed by atoms with Crippen LogP contribution >= 0.6 is 0 Å². The van der Waals surface area contributed by atoms with E-state index in [1.807, 2.05) is 50.0 Å². The van der Waals surface area contributed by atoms with E-state index in [9.17, 15) is 19.2 Å². The summed E-state index contributed by atoms with van der Waals surface area (Å²) in [7, 11) is 4.97. The molecule has 7 atom stereocenters. The summed E-state index contributed by atoms with van der Waals surface area (Å²) in [6, 6.07) is -0.595. The Morgan fingerprint density at radius 2 is 1.60 bits per heavy atom. The van der Waals surface area contributed by atoms with Crippen molar-refractivity contribution in [2.45, 2.75) is 130 Å². The lowest BCUT2D eigenvalue weighted by Crippen LogP contribution is -2.54. The molecule has 9 heteroatoms. The lowest BCUT2D eigenvalue weighted by molar-refractivity contribution is -0.149. The van der Waals surface area contributed by atoms with Crippen LogP contribution in [0.1, 0.15) is 99.8 Å². The molecule has 0 saturated carbocycles. The van der Waals surface area contributed by atoms with Crippen molar-refractivity contribution < 1.29 is 28.7 Å². The summed E-state index contributed by atoms with van der Waals surface area (Å²) in [5.41, 5.74) is 5.05. The predicted molar refractivity (Wildman–Crippen MR) is 192 cm³/mol. The van der Waals surface area contributed by atoms with E-state index in [4.69, 9.17) is 15.2 Å². The van der Waals surface area contributed by atoms with Crippen molar-refractivity contribution in [3.63, 3.8) is 0 Å². The zero-order valence-corrected chi connectivity index (χ0v) is 31.4. The second-order valence-electron chi connectivity index (χ2n) is 15.0. The molecule has 9 nitrogen and oxygen atoms in total. The van der Waals surface area contributed by atoms with Crippen LogP contribution in [0.4, 0.5) is 0 Å². The molecule has 0 bridgehead atoms. The summed E-state index contributed by atoms with van der Waals surface area (Å²) in [5.74, 6) is -0.815. The quantitative estimate of drug-likeness (QED) is 0.171. The summed E-state index contributed by atoms with van der Waals surface area (Å²) in [5, 5.41) is 0. The summed E-state index contributed by atoms with van der Waals surface area (Å²) in [6.07, 6.45) is 16.2. The van der Waals surface area contributed by atoms with Crippen LogP contribution in [0.3, 0.4) is 0 Å². The molecule has 1 heterocycles. The Labute approximate surface area is 290 Å². The summed E-state index contributed by atoms with van der Waals surface area (Å²) < 4.78 is 11.9. The van der Waals surface area contributed by atoms with Crippen molar-refractivity contribution in [1.82, 2.24) is 9.80 Å². The Kier molecular flexibility index (Phi) is 16.9. The van der Waals surface area contributed by atoms with E-state index < -0.39 is 23.7 Å². The predicted octanol–water partition coefficient (Wildman–Crippen LogP) is 5.91. The Hall–Kier alpha value is -2.62. The monoisotopic (exact) mass is 671 g/mol. The van der Waals surface area contributed by atoms with E-state index in [0.29, 0.717) is 18.9 Å². The van der Waals surface area contributed by atoms with Gasteiger partial charge in [-0.2, -0.15) is 0 Å². The molecule has 48 heavy (non-hydrogen) atoms. The van der Waals surface area contributed by atoms with Crippen LogP contribution in [0.15, 0.2) is 36.5 Å². The smallest absolute Gasteiger partial charge is 0.226 e. The fourth-order valence-electron chi connectivity index (χ4n) is 7.21. The van der Waals surface area contributed by atoms with Crippen LogP contribution in [0.2, 0.25) is 0 Å². The molecule has 1 saturated heterocycles. The van der Waals surface area contributed by atoms with Gasteiger partial charge in [-0.25, -0.2) is 0 Å². The van der Waals surface area contributed by atoms with Gasteiger partial charge in [-0.3, -0.25) is 19.2 Å². The number of likely N-dealkylation sites (tertiary alicyclic amines) is 1. The SMILES string of the molecule is CCC(C)C(C(CC(=O)N1CCCC1C(OC)C(C)C(=O)CCCC1C=CC=CC=C1)OC)N(C)C(=O)C(CC(=O)C(C)(C)N)C(C)C. The molecule has 1 aliphatic heterocycles. The molecule has 0 radical (unpaired) electrons.